The maximum Gasteiger partial charge on any atom is 0.410 e. The summed E-state index contributed by atoms with van der Waals surface area (Å²) in [5.41, 5.74) is 29.3. The fraction of sp³-hybridized carbons (Fsp3) is 0.526. The molecule has 0 spiro atoms. The number of sulfonamides is 2. The van der Waals surface area contributed by atoms with Gasteiger partial charge < -0.3 is 44.6 Å². The van der Waals surface area contributed by atoms with Crippen molar-refractivity contribution in [3.63, 3.8) is 0 Å². The van der Waals surface area contributed by atoms with Crippen molar-refractivity contribution in [1.29, 1.82) is 0 Å². The number of likely N-dealkylation sites (tertiary alicyclic amines) is 4. The highest BCUT2D eigenvalue weighted by molar-refractivity contribution is 7.92. The summed E-state index contributed by atoms with van der Waals surface area (Å²) in [7, 11) is -7.24. The molecule has 0 unspecified atom stereocenters. The monoisotopic (exact) mass is 1370 g/mol. The van der Waals surface area contributed by atoms with Gasteiger partial charge in [0.05, 0.1) is 108 Å². The number of aryl methyl sites for hydroxylation is 1. The molecular formula is C57H71Cl2N22O11S2+. The van der Waals surface area contributed by atoms with Crippen LogP contribution in [-0.2, 0) is 24.8 Å². The van der Waals surface area contributed by atoms with E-state index < -0.39 is 68.2 Å². The van der Waals surface area contributed by atoms with Crippen molar-refractivity contribution < 1.29 is 51.3 Å². The quantitative estimate of drug-likeness (QED) is 0.0344. The summed E-state index contributed by atoms with van der Waals surface area (Å²) in [4.78, 5) is 65.4. The second-order valence-electron chi connectivity index (χ2n) is 24.5. The lowest BCUT2D eigenvalue weighted by atomic mass is 9.98. The van der Waals surface area contributed by atoms with Crippen LogP contribution in [0.5, 0.6) is 0 Å². The first-order valence-corrected chi connectivity index (χ1v) is 34.4. The SMILES string of the molecule is CC(C)(C)OC(=O)N1C[C@H](N=[N+]=[N-])[C@@H](O)C1.CC1=[C+]n2nc([C@@H]3CCCCN3C(=O)c3cc(Cl)ccc3NS(C)(=O)=O)cc2N=C1N1C[C@@H](O)[C@H](N=[N+]=[N-])C1.Cc1cn2nc([C@@H]3CCCCN3C(=O)c3cc(Cl)ccc3NS(C)(=O)=O)cc2nc1N1C[C@H](N=[N+]=[N-])[C@@H](O)C1. The van der Waals surface area contributed by atoms with E-state index in [2.05, 4.69) is 50.8 Å². The van der Waals surface area contributed by atoms with Gasteiger partial charge in [-0.2, -0.15) is 5.10 Å². The van der Waals surface area contributed by atoms with Gasteiger partial charge in [0.15, 0.2) is 17.4 Å². The first-order valence-electron chi connectivity index (χ1n) is 29.9. The number of hydrogen-bond acceptors (Lipinski definition) is 20. The zero-order valence-corrected chi connectivity index (χ0v) is 55.5. The van der Waals surface area contributed by atoms with Crippen molar-refractivity contribution in [3.05, 3.63) is 136 Å². The first kappa shape index (κ1) is 69.6. The fourth-order valence-corrected chi connectivity index (χ4v) is 13.3. The van der Waals surface area contributed by atoms with Crippen LogP contribution < -0.4 is 14.3 Å². The van der Waals surface area contributed by atoms with E-state index in [1.54, 1.807) is 45.8 Å². The summed E-state index contributed by atoms with van der Waals surface area (Å²) in [6, 6.07) is 10.2. The van der Waals surface area contributed by atoms with Crippen LogP contribution in [0.25, 0.3) is 37.0 Å². The Morgan fingerprint density at radius 1 is 0.681 bits per heavy atom. The number of ether oxygens (including phenoxy) is 1. The summed E-state index contributed by atoms with van der Waals surface area (Å²) >= 11 is 12.4. The molecule has 5 N–H and O–H groups in total. The predicted octanol–water partition coefficient (Wildman–Crippen LogP) is 7.80. The Morgan fingerprint density at radius 2 is 1.17 bits per heavy atom. The molecule has 6 aliphatic rings. The number of carbonyl (C=O) groups excluding carboxylic acids is 3. The number of fused-ring (bicyclic) bond motifs is 2. The first-order chi connectivity index (χ1) is 44.4. The average Bonchev–Trinajstić information content (AvgIpc) is 1.63. The molecule has 0 aliphatic carbocycles. The molecule has 6 aliphatic heterocycles. The topological polar surface area (TPSA) is 436 Å². The summed E-state index contributed by atoms with van der Waals surface area (Å²) in [5.74, 6) is 1.10. The summed E-state index contributed by atoms with van der Waals surface area (Å²) in [6.07, 6.45) is 8.93. The van der Waals surface area contributed by atoms with E-state index in [0.717, 1.165) is 43.8 Å². The van der Waals surface area contributed by atoms with E-state index in [4.69, 9.17) is 59.6 Å². The Morgan fingerprint density at radius 3 is 1.68 bits per heavy atom. The number of piperidine rings is 2. The number of nitrogens with zero attached hydrogens (tertiary/aromatic N) is 20. The number of rotatable bonds is 12. The number of amidine groups is 1. The molecule has 0 radical (unpaired) electrons. The molecule has 8 atom stereocenters. The second kappa shape index (κ2) is 28.9. The lowest BCUT2D eigenvalue weighted by Gasteiger charge is -2.35. The number of aromatic nitrogens is 5. The number of anilines is 3. The molecule has 94 heavy (non-hydrogen) atoms. The summed E-state index contributed by atoms with van der Waals surface area (Å²) in [6.45, 7) is 11.6. The summed E-state index contributed by atoms with van der Waals surface area (Å²) in [5, 5.41) is 50.9. The van der Waals surface area contributed by atoms with Crippen molar-refractivity contribution in [3.8, 4) is 0 Å². The molecule has 2 aromatic carbocycles. The maximum atomic E-state index is 13.8. The molecule has 0 bridgehead atoms. The van der Waals surface area contributed by atoms with E-state index in [0.29, 0.717) is 95.7 Å². The van der Waals surface area contributed by atoms with Gasteiger partial charge in [0.1, 0.15) is 17.1 Å². The van der Waals surface area contributed by atoms with Crippen molar-refractivity contribution >= 4 is 95.6 Å². The molecule has 3 aromatic heterocycles. The third-order valence-corrected chi connectivity index (χ3v) is 17.7. The Labute approximate surface area is 550 Å². The minimum atomic E-state index is -3.62. The highest BCUT2D eigenvalue weighted by Crippen LogP contribution is 2.38. The number of β-amino-alcohol motifs (C(OH)–C–C–N with tert-alkyl or cyclic N) is 3. The summed E-state index contributed by atoms with van der Waals surface area (Å²) < 4.78 is 60.8. The standard InChI is InChI=1S/C24H28ClN9O4S.C24H26ClN9O4S.C9H16N4O3/c2*1-14-11-34-22(27-23(14)32-12-19(28-31-26)21(35)13-32)10-18(29-34)20-5-3-4-8-33(20)24(36)16-9-15(25)6-7-17(16)30-39(2,37)38;1-9(2,3)16-8(15)13-4-6(11-12-10)7(14)5-13/h6-7,9-11,19-21,30,35H,3-5,8,12-13H2,1-2H3;6-7,9-10,19-21,35H,3-5,8,12-13H2,1-2H3;6-7,14H,4-5H2,1-3H3/p+1/t19-,20-,21-;19-,20+,21-;6-,7-/m010/s1. The van der Waals surface area contributed by atoms with Gasteiger partial charge in [-0.1, -0.05) is 48.2 Å². The second-order valence-corrected chi connectivity index (χ2v) is 28.9. The Kier molecular flexibility index (Phi) is 21.4. The van der Waals surface area contributed by atoms with Crippen molar-refractivity contribution in [2.75, 3.05) is 79.2 Å². The predicted molar refractivity (Wildman–Crippen MR) is 348 cm³/mol. The number of azide groups is 3. The third kappa shape index (κ3) is 16.8. The normalized spacial score (nSPS) is 22.7. The van der Waals surface area contributed by atoms with Gasteiger partial charge in [0.2, 0.25) is 20.0 Å². The van der Waals surface area contributed by atoms with Crippen LogP contribution in [-0.4, -0.2) is 207 Å². The van der Waals surface area contributed by atoms with Crippen molar-refractivity contribution in [2.24, 2.45) is 20.3 Å². The van der Waals surface area contributed by atoms with Crippen LogP contribution >= 0.6 is 23.2 Å². The Bertz CT molecular complexity index is 4180. The van der Waals surface area contributed by atoms with E-state index >= 15 is 0 Å². The van der Waals surface area contributed by atoms with E-state index in [-0.39, 0.29) is 66.0 Å². The number of benzene rings is 2. The molecule has 9 heterocycles. The van der Waals surface area contributed by atoms with Gasteiger partial charge in [-0.25, -0.2) is 31.1 Å². The van der Waals surface area contributed by atoms with Gasteiger partial charge in [0.25, 0.3) is 23.5 Å². The van der Waals surface area contributed by atoms with Crippen LogP contribution in [0, 0.1) is 13.1 Å². The van der Waals surface area contributed by atoms with E-state index in [1.165, 1.54) is 41.3 Å². The number of nitrogens with one attached hydrogen (secondary N) is 2. The number of hydrogen-bond donors (Lipinski definition) is 5. The minimum absolute atomic E-state index is 0.137. The number of aliphatic hydroxyl groups is 3. The number of aliphatic imine (C=N–C) groups is 1. The Hall–Kier alpha value is -8.71. The van der Waals surface area contributed by atoms with Gasteiger partial charge in [-0.05, 0) is 119 Å². The lowest BCUT2D eigenvalue weighted by Crippen LogP contribution is -2.39. The molecule has 11 rings (SSSR count). The van der Waals surface area contributed by atoms with Gasteiger partial charge in [0, 0.05) is 88.8 Å². The van der Waals surface area contributed by atoms with Gasteiger partial charge in [-0.15, -0.1) is 5.10 Å². The number of halogens is 2. The highest BCUT2D eigenvalue weighted by atomic mass is 35.5. The van der Waals surface area contributed by atoms with E-state index in [9.17, 15) is 46.5 Å². The zero-order chi connectivity index (χ0) is 68.1. The van der Waals surface area contributed by atoms with Crippen LogP contribution in [0.3, 0.4) is 0 Å². The molecule has 3 amide bonds. The Balaban J connectivity index is 0.000000180. The maximum absolute atomic E-state index is 13.8. The van der Waals surface area contributed by atoms with E-state index in [1.807, 2.05) is 35.9 Å². The minimum Gasteiger partial charge on any atom is -0.444 e. The molecular weight excluding hydrogens is 1300 g/mol. The molecule has 5 fully saturated rings. The number of aliphatic hydroxyl groups excluding tert-OH is 3. The largest absolute Gasteiger partial charge is 0.444 e. The van der Waals surface area contributed by atoms with Crippen LogP contribution in [0.15, 0.2) is 80.6 Å². The number of amides is 3. The van der Waals surface area contributed by atoms with Crippen molar-refractivity contribution in [1.82, 2.24) is 44.0 Å². The molecule has 500 valence electrons. The smallest absolute Gasteiger partial charge is 0.410 e. The van der Waals surface area contributed by atoms with Crippen LogP contribution in [0.1, 0.15) is 116 Å². The fourth-order valence-electron chi connectivity index (χ4n) is 11.8. The lowest BCUT2D eigenvalue weighted by molar-refractivity contribution is 0.0269. The molecule has 5 saturated heterocycles. The zero-order valence-electron chi connectivity index (χ0n) is 52.3. The van der Waals surface area contributed by atoms with Gasteiger partial charge >= 0.3 is 6.09 Å². The third-order valence-electron chi connectivity index (χ3n) is 16.0. The van der Waals surface area contributed by atoms with Gasteiger partial charge in [-0.3, -0.25) is 19.0 Å². The van der Waals surface area contributed by atoms with Crippen molar-refractivity contribution in [2.45, 2.75) is 127 Å². The highest BCUT2D eigenvalue weighted by Gasteiger charge is 2.41. The van der Waals surface area contributed by atoms with Crippen LogP contribution in [0.2, 0.25) is 10.0 Å². The molecule has 5 aromatic rings. The average molecular weight is 1380 g/mol. The molecule has 37 heteroatoms. The molecule has 33 nitrogen and oxygen atoms in total. The van der Waals surface area contributed by atoms with Crippen LogP contribution in [0.4, 0.5) is 27.8 Å². The molecule has 0 saturated carbocycles. The number of carbonyl (C=O) groups is 3.